The Bertz CT molecular complexity index is 1330. The summed E-state index contributed by atoms with van der Waals surface area (Å²) in [7, 11) is 0. The summed E-state index contributed by atoms with van der Waals surface area (Å²) < 4.78 is 17.5. The van der Waals surface area contributed by atoms with Gasteiger partial charge < -0.3 is 14.2 Å². The minimum absolute atomic E-state index is 0.0711. The van der Waals surface area contributed by atoms with Crippen molar-refractivity contribution in [2.75, 3.05) is 19.8 Å². The maximum atomic E-state index is 12.9. The molecule has 1 atom stereocenters. The predicted octanol–water partition coefficient (Wildman–Crippen LogP) is 20.6. The number of carbonyl (C=O) groups is 2. The van der Waals surface area contributed by atoms with Crippen molar-refractivity contribution in [1.29, 1.82) is 0 Å². The molecule has 0 fully saturated rings. The van der Waals surface area contributed by atoms with Crippen LogP contribution in [0.1, 0.15) is 278 Å². The monoisotopic (exact) mass is 973 g/mol. The minimum Gasteiger partial charge on any atom is -0.462 e. The second-order valence-electron chi connectivity index (χ2n) is 19.5. The topological polar surface area (TPSA) is 61.8 Å². The molecule has 5 heteroatoms. The molecule has 5 nitrogen and oxygen atoms in total. The van der Waals surface area contributed by atoms with Gasteiger partial charge in [-0.15, -0.1) is 0 Å². The van der Waals surface area contributed by atoms with Gasteiger partial charge in [0.25, 0.3) is 0 Å². The van der Waals surface area contributed by atoms with Crippen LogP contribution >= 0.6 is 0 Å². The number of hydrogen-bond donors (Lipinski definition) is 0. The molecule has 70 heavy (non-hydrogen) atoms. The molecule has 1 unspecified atom stereocenters. The SMILES string of the molecule is CC/C=C\C/C=C\C/C=C\C/C=C\CCCCCCCCCOCC(COC(=O)CCCCCCCC/C=C\C/C=C\C/C=C\C/C=C\CC)OC(=O)CCCCCCCCCCCCCCCCC. The zero-order valence-electron chi connectivity index (χ0n) is 46.3. The molecule has 0 aliphatic carbocycles. The highest BCUT2D eigenvalue weighted by Crippen LogP contribution is 2.16. The van der Waals surface area contributed by atoms with Crippen molar-refractivity contribution in [2.24, 2.45) is 0 Å². The first-order chi connectivity index (χ1) is 34.6. The van der Waals surface area contributed by atoms with E-state index in [4.69, 9.17) is 14.2 Å². The summed E-state index contributed by atoms with van der Waals surface area (Å²) in [6.45, 7) is 7.59. The van der Waals surface area contributed by atoms with Crippen LogP contribution in [0.3, 0.4) is 0 Å². The third-order valence-corrected chi connectivity index (χ3v) is 12.6. The first-order valence-corrected chi connectivity index (χ1v) is 29.8. The summed E-state index contributed by atoms with van der Waals surface area (Å²) in [5.41, 5.74) is 0. The number of ether oxygens (including phenoxy) is 3. The summed E-state index contributed by atoms with van der Waals surface area (Å²) in [5.74, 6) is -0.412. The maximum Gasteiger partial charge on any atom is 0.306 e. The number of carbonyl (C=O) groups excluding carboxylic acids is 2. The van der Waals surface area contributed by atoms with E-state index in [-0.39, 0.29) is 25.2 Å². The van der Waals surface area contributed by atoms with E-state index < -0.39 is 6.10 Å². The van der Waals surface area contributed by atoms with Crippen molar-refractivity contribution in [3.8, 4) is 0 Å². The Morgan fingerprint density at radius 3 is 1.03 bits per heavy atom. The lowest BCUT2D eigenvalue weighted by molar-refractivity contribution is -0.163. The van der Waals surface area contributed by atoms with Crippen molar-refractivity contribution in [2.45, 2.75) is 284 Å². The van der Waals surface area contributed by atoms with Crippen molar-refractivity contribution >= 4 is 11.9 Å². The summed E-state index contributed by atoms with van der Waals surface area (Å²) >= 11 is 0. The molecule has 0 heterocycles. The smallest absolute Gasteiger partial charge is 0.306 e. The number of esters is 2. The molecular formula is C65H112O5. The molecule has 0 saturated heterocycles. The van der Waals surface area contributed by atoms with Crippen molar-refractivity contribution in [3.63, 3.8) is 0 Å². The van der Waals surface area contributed by atoms with Crippen LogP contribution in [-0.4, -0.2) is 37.9 Å². The third kappa shape index (κ3) is 57.4. The number of allylic oxidation sites excluding steroid dienone is 16. The zero-order chi connectivity index (χ0) is 50.6. The molecule has 0 amide bonds. The van der Waals surface area contributed by atoms with Gasteiger partial charge in [-0.1, -0.05) is 266 Å². The first-order valence-electron chi connectivity index (χ1n) is 29.8. The van der Waals surface area contributed by atoms with Crippen LogP contribution < -0.4 is 0 Å². The average molecular weight is 974 g/mol. The predicted molar refractivity (Wildman–Crippen MR) is 306 cm³/mol. The molecule has 0 aromatic carbocycles. The molecule has 0 aliphatic heterocycles. The second-order valence-corrected chi connectivity index (χ2v) is 19.5. The number of unbranched alkanes of at least 4 members (excludes halogenated alkanes) is 27. The first kappa shape index (κ1) is 66.8. The molecule has 0 aromatic heterocycles. The Kier molecular flexibility index (Phi) is 57.4. The lowest BCUT2D eigenvalue weighted by Crippen LogP contribution is -2.30. The van der Waals surface area contributed by atoms with E-state index in [2.05, 4.69) is 118 Å². The molecule has 0 saturated carbocycles. The fraction of sp³-hybridized carbons (Fsp3) is 0.723. The quantitative estimate of drug-likeness (QED) is 0.0345. The van der Waals surface area contributed by atoms with Crippen molar-refractivity contribution in [1.82, 2.24) is 0 Å². The van der Waals surface area contributed by atoms with Crippen LogP contribution in [0.2, 0.25) is 0 Å². The van der Waals surface area contributed by atoms with Gasteiger partial charge in [-0.2, -0.15) is 0 Å². The largest absolute Gasteiger partial charge is 0.462 e. The van der Waals surface area contributed by atoms with Crippen molar-refractivity contribution in [3.05, 3.63) is 97.2 Å². The normalized spacial score (nSPS) is 12.9. The molecular weight excluding hydrogens is 861 g/mol. The summed E-state index contributed by atoms with van der Waals surface area (Å²) in [5, 5.41) is 0. The van der Waals surface area contributed by atoms with Crippen molar-refractivity contribution < 1.29 is 23.8 Å². The Labute approximate surface area is 434 Å². The van der Waals surface area contributed by atoms with Gasteiger partial charge in [0.1, 0.15) is 6.61 Å². The highest BCUT2D eigenvalue weighted by Gasteiger charge is 2.17. The molecule has 0 radical (unpaired) electrons. The van der Waals surface area contributed by atoms with Gasteiger partial charge >= 0.3 is 11.9 Å². The Morgan fingerprint density at radius 2 is 0.643 bits per heavy atom. The maximum absolute atomic E-state index is 12.9. The van der Waals surface area contributed by atoms with Gasteiger partial charge in [0, 0.05) is 19.4 Å². The van der Waals surface area contributed by atoms with Crippen LogP contribution in [-0.2, 0) is 23.8 Å². The molecule has 0 aliphatic rings. The Hall–Kier alpha value is -3.18. The van der Waals surface area contributed by atoms with Crippen LogP contribution in [0, 0.1) is 0 Å². The van der Waals surface area contributed by atoms with E-state index in [0.29, 0.717) is 19.4 Å². The van der Waals surface area contributed by atoms with E-state index in [1.807, 2.05) is 0 Å². The Morgan fingerprint density at radius 1 is 0.329 bits per heavy atom. The summed E-state index contributed by atoms with van der Waals surface area (Å²) in [6.07, 6.45) is 81.4. The summed E-state index contributed by atoms with van der Waals surface area (Å²) in [4.78, 5) is 25.6. The van der Waals surface area contributed by atoms with E-state index in [1.54, 1.807) is 0 Å². The van der Waals surface area contributed by atoms with Crippen LogP contribution in [0.25, 0.3) is 0 Å². The molecule has 0 aromatic rings. The Balaban J connectivity index is 4.32. The van der Waals surface area contributed by atoms with Crippen LogP contribution in [0.4, 0.5) is 0 Å². The highest BCUT2D eigenvalue weighted by atomic mass is 16.6. The minimum atomic E-state index is -0.553. The highest BCUT2D eigenvalue weighted by molar-refractivity contribution is 5.70. The van der Waals surface area contributed by atoms with Crippen LogP contribution in [0.5, 0.6) is 0 Å². The number of rotatable bonds is 54. The molecule has 0 rings (SSSR count). The van der Waals surface area contributed by atoms with Crippen LogP contribution in [0.15, 0.2) is 97.2 Å². The van der Waals surface area contributed by atoms with Gasteiger partial charge in [-0.05, 0) is 96.3 Å². The molecule has 0 spiro atoms. The van der Waals surface area contributed by atoms with Gasteiger partial charge in [0.2, 0.25) is 0 Å². The zero-order valence-corrected chi connectivity index (χ0v) is 46.3. The van der Waals surface area contributed by atoms with Gasteiger partial charge in [-0.25, -0.2) is 0 Å². The van der Waals surface area contributed by atoms with Gasteiger partial charge in [-0.3, -0.25) is 9.59 Å². The van der Waals surface area contributed by atoms with E-state index >= 15 is 0 Å². The molecule has 402 valence electrons. The van der Waals surface area contributed by atoms with Gasteiger partial charge in [0.05, 0.1) is 6.61 Å². The van der Waals surface area contributed by atoms with E-state index in [9.17, 15) is 9.59 Å². The lowest BCUT2D eigenvalue weighted by Gasteiger charge is -2.18. The summed E-state index contributed by atoms with van der Waals surface area (Å²) in [6, 6.07) is 0. The standard InChI is InChI=1S/C65H112O5/c1-4-7-10-13-16-19-22-25-28-30-32-34-36-39-42-45-48-51-54-57-60-68-61-63(70-65(67)59-56-53-50-47-44-41-37-27-24-21-18-15-12-9-6-3)62-69-64(66)58-55-52-49-46-43-40-38-35-33-31-29-26-23-20-17-14-11-8-5-2/h7-8,10-11,16-17,19-20,25-26,28-29,32-35,63H,4-6,9,12-15,18,21-24,27,30-31,36-62H2,1-3H3/b10-7-,11-8-,19-16-,20-17-,28-25-,29-26-,34-32-,35-33-. The molecule has 0 N–H and O–H groups in total. The fourth-order valence-corrected chi connectivity index (χ4v) is 8.26. The van der Waals surface area contributed by atoms with E-state index in [1.165, 1.54) is 141 Å². The van der Waals surface area contributed by atoms with E-state index in [0.717, 1.165) is 103 Å². The molecule has 0 bridgehead atoms. The third-order valence-electron chi connectivity index (χ3n) is 12.6. The van der Waals surface area contributed by atoms with Gasteiger partial charge in [0.15, 0.2) is 6.10 Å². The fourth-order valence-electron chi connectivity index (χ4n) is 8.26. The second kappa shape index (κ2) is 60.1. The lowest BCUT2D eigenvalue weighted by atomic mass is 10.0. The average Bonchev–Trinajstić information content (AvgIpc) is 3.36. The number of hydrogen-bond acceptors (Lipinski definition) is 5.